The van der Waals surface area contributed by atoms with Crippen molar-refractivity contribution in [2.45, 2.75) is 0 Å². The summed E-state index contributed by atoms with van der Waals surface area (Å²) in [6, 6.07) is 9.47. The lowest BCUT2D eigenvalue weighted by molar-refractivity contribution is 0.0586. The normalized spacial score (nSPS) is 9.83. The summed E-state index contributed by atoms with van der Waals surface area (Å²) in [4.78, 5) is 45.0. The highest BCUT2D eigenvalue weighted by Crippen LogP contribution is 2.26. The zero-order valence-electron chi connectivity index (χ0n) is 20.9. The number of methoxy groups -OCH3 is 2. The van der Waals surface area contributed by atoms with E-state index in [1.807, 2.05) is 0 Å². The first kappa shape index (κ1) is 33.4. The second-order valence-electron chi connectivity index (χ2n) is 7.26. The van der Waals surface area contributed by atoms with Crippen LogP contribution < -0.4 is 11.1 Å². The van der Waals surface area contributed by atoms with Crippen LogP contribution in [0.5, 0.6) is 0 Å². The van der Waals surface area contributed by atoms with Crippen molar-refractivity contribution < 1.29 is 28.7 Å². The van der Waals surface area contributed by atoms with Crippen LogP contribution in [0.3, 0.4) is 0 Å². The molecule has 216 valence electrons. The van der Waals surface area contributed by atoms with Gasteiger partial charge in [0.05, 0.1) is 69.2 Å². The number of ether oxygens (including phenoxy) is 2. The van der Waals surface area contributed by atoms with Crippen molar-refractivity contribution in [2.75, 3.05) is 25.3 Å². The van der Waals surface area contributed by atoms with Gasteiger partial charge in [-0.15, -0.1) is 0 Å². The Balaban J connectivity index is 0.000000236. The monoisotopic (exact) mass is 662 g/mol. The largest absolute Gasteiger partial charge is 0.464 e. The Labute approximate surface area is 257 Å². The number of rotatable bonds is 5. The molecule has 0 spiro atoms. The van der Waals surface area contributed by atoms with Crippen molar-refractivity contribution in [1.29, 1.82) is 0 Å². The fraction of sp³-hybridized carbons (Fsp3) is 0.0833. The molecule has 0 unspecified atom stereocenters. The summed E-state index contributed by atoms with van der Waals surface area (Å²) < 4.78 is 8.94. The van der Waals surface area contributed by atoms with Crippen LogP contribution in [-0.2, 0) is 9.47 Å². The fourth-order valence-corrected chi connectivity index (χ4v) is 4.22. The van der Waals surface area contributed by atoms with E-state index in [9.17, 15) is 19.2 Å². The van der Waals surface area contributed by atoms with E-state index in [0.29, 0.717) is 5.69 Å². The molecule has 12 nitrogen and oxygen atoms in total. The van der Waals surface area contributed by atoms with Gasteiger partial charge in [-0.05, 0) is 35.9 Å². The van der Waals surface area contributed by atoms with Gasteiger partial charge in [0.25, 0.3) is 11.1 Å². The topological polar surface area (TPSA) is 182 Å². The van der Waals surface area contributed by atoms with Crippen LogP contribution in [0.1, 0.15) is 41.7 Å². The summed E-state index contributed by atoms with van der Waals surface area (Å²) in [5, 5.41) is 14.9. The maximum absolute atomic E-state index is 12.1. The molecular weight excluding hydrogens is 646 g/mol. The van der Waals surface area contributed by atoms with E-state index in [2.05, 4.69) is 35.2 Å². The zero-order chi connectivity index (χ0) is 30.7. The molecule has 0 radical (unpaired) electrons. The van der Waals surface area contributed by atoms with E-state index >= 15 is 0 Å². The minimum atomic E-state index is -0.650. The maximum atomic E-state index is 12.1. The number of benzene rings is 2. The molecule has 41 heavy (non-hydrogen) atoms. The smallest absolute Gasteiger partial charge is 0.358 e. The second kappa shape index (κ2) is 15.8. The third-order valence-corrected chi connectivity index (χ3v) is 6.13. The lowest BCUT2D eigenvalue weighted by Crippen LogP contribution is -2.15. The molecule has 17 heteroatoms. The average molecular weight is 665 g/mol. The molecule has 0 aliphatic carbocycles. The summed E-state index contributed by atoms with van der Waals surface area (Å²) in [6.07, 6.45) is 2.64. The number of aromatic amines is 2. The highest BCUT2D eigenvalue weighted by Gasteiger charge is 2.20. The van der Waals surface area contributed by atoms with Crippen LogP contribution in [-0.4, -0.2) is 57.7 Å². The number of halogens is 5. The van der Waals surface area contributed by atoms with Crippen molar-refractivity contribution in [3.05, 3.63) is 91.4 Å². The molecule has 5 N–H and O–H groups in total. The lowest BCUT2D eigenvalue weighted by Gasteiger charge is -2.07. The number of aromatic nitrogens is 4. The first-order valence-electron chi connectivity index (χ1n) is 10.8. The summed E-state index contributed by atoms with van der Waals surface area (Å²) in [5.74, 6) is -1.70. The van der Waals surface area contributed by atoms with Gasteiger partial charge >= 0.3 is 11.9 Å². The van der Waals surface area contributed by atoms with E-state index in [1.165, 1.54) is 26.6 Å². The second-order valence-corrected chi connectivity index (χ2v) is 9.24. The van der Waals surface area contributed by atoms with Crippen LogP contribution in [0.15, 0.2) is 48.8 Å². The van der Waals surface area contributed by atoms with Crippen LogP contribution >= 0.6 is 58.0 Å². The molecule has 2 aromatic heterocycles. The minimum Gasteiger partial charge on any atom is -0.464 e. The van der Waals surface area contributed by atoms with Gasteiger partial charge in [-0.25, -0.2) is 9.59 Å². The van der Waals surface area contributed by atoms with E-state index in [1.54, 1.807) is 36.4 Å². The molecule has 0 saturated heterocycles. The number of nitrogens with zero attached hydrogens (tertiary/aromatic N) is 2. The SMILES string of the molecule is COC(=O)c1[nH]ncc1N.COC(=O)c1[nH]ncc1NC(=O)c1c(Cl)cccc1Cl.O=C(Cl)c1c(Cl)cccc1Cl. The number of carbonyl (C=O) groups is 4. The van der Waals surface area contributed by atoms with Crippen LogP contribution in [0, 0.1) is 0 Å². The predicted octanol–water partition coefficient (Wildman–Crippen LogP) is 5.91. The number of nitrogen functional groups attached to an aromatic ring is 1. The van der Waals surface area contributed by atoms with Crippen LogP contribution in [0.2, 0.25) is 20.1 Å². The van der Waals surface area contributed by atoms with Crippen LogP contribution in [0.4, 0.5) is 11.4 Å². The molecule has 1 amide bonds. The molecule has 4 aromatic rings. The summed E-state index contributed by atoms with van der Waals surface area (Å²) >= 11 is 28.3. The average Bonchev–Trinajstić information content (AvgIpc) is 3.57. The molecule has 0 aliphatic rings. The number of H-pyrrole nitrogens is 2. The number of carbonyl (C=O) groups excluding carboxylic acids is 4. The third-order valence-electron chi connectivity index (χ3n) is 4.68. The zero-order valence-corrected chi connectivity index (χ0v) is 24.7. The number of hydrogen-bond donors (Lipinski definition) is 4. The van der Waals surface area contributed by atoms with E-state index in [4.69, 9.17) is 63.7 Å². The highest BCUT2D eigenvalue weighted by atomic mass is 35.5. The quantitative estimate of drug-likeness (QED) is 0.149. The Morgan fingerprint density at radius 2 is 1.20 bits per heavy atom. The summed E-state index contributed by atoms with van der Waals surface area (Å²) in [6.45, 7) is 0. The summed E-state index contributed by atoms with van der Waals surface area (Å²) in [5.41, 5.74) is 6.31. The Morgan fingerprint density at radius 3 is 1.61 bits per heavy atom. The van der Waals surface area contributed by atoms with Crippen molar-refractivity contribution in [3.63, 3.8) is 0 Å². The van der Waals surface area contributed by atoms with E-state index in [0.717, 1.165) is 0 Å². The van der Waals surface area contributed by atoms with Crippen molar-refractivity contribution in [1.82, 2.24) is 20.4 Å². The number of nitrogens with one attached hydrogen (secondary N) is 3. The minimum absolute atomic E-state index is 0.0315. The number of esters is 2. The highest BCUT2D eigenvalue weighted by molar-refractivity contribution is 6.69. The first-order valence-corrected chi connectivity index (χ1v) is 12.7. The molecule has 0 atom stereocenters. The van der Waals surface area contributed by atoms with Gasteiger partial charge in [0.1, 0.15) is 0 Å². The van der Waals surface area contributed by atoms with Crippen molar-refractivity contribution >= 4 is 92.5 Å². The molecule has 2 heterocycles. The van der Waals surface area contributed by atoms with Gasteiger partial charge in [-0.2, -0.15) is 10.2 Å². The fourth-order valence-electron chi connectivity index (χ4n) is 2.78. The van der Waals surface area contributed by atoms with Gasteiger partial charge in [-0.1, -0.05) is 58.5 Å². The van der Waals surface area contributed by atoms with Gasteiger partial charge in [0, 0.05) is 0 Å². The van der Waals surface area contributed by atoms with Gasteiger partial charge in [0.2, 0.25) is 0 Å². The molecule has 0 fully saturated rings. The Morgan fingerprint density at radius 1 is 0.756 bits per heavy atom. The Hall–Kier alpha value is -3.81. The van der Waals surface area contributed by atoms with E-state index < -0.39 is 23.1 Å². The van der Waals surface area contributed by atoms with Gasteiger partial charge < -0.3 is 20.5 Å². The Kier molecular flexibility index (Phi) is 12.9. The van der Waals surface area contributed by atoms with Crippen molar-refractivity contribution in [3.8, 4) is 0 Å². The first-order chi connectivity index (χ1) is 19.4. The molecule has 4 rings (SSSR count). The number of anilines is 2. The van der Waals surface area contributed by atoms with Gasteiger partial charge in [-0.3, -0.25) is 19.8 Å². The number of nitrogens with two attached hydrogens (primary N) is 1. The number of hydrogen-bond acceptors (Lipinski definition) is 9. The standard InChI is InChI=1S/C12H9Cl2N3O3.C7H3Cl3O.C5H7N3O2/c1-20-12(19)10-8(5-15-17-10)16-11(18)9-6(13)3-2-4-7(9)14;8-4-2-1-3-5(9)6(4)7(10)11;1-10-5(9)4-3(6)2-7-8-4/h2-5H,1H3,(H,15,17)(H,16,18);1-3H;2H,6H2,1H3,(H,7,8). The molecule has 0 saturated carbocycles. The Bertz CT molecular complexity index is 1520. The molecule has 0 bridgehead atoms. The third kappa shape index (κ3) is 9.10. The van der Waals surface area contributed by atoms with Gasteiger partial charge in [0.15, 0.2) is 11.4 Å². The molecule has 0 aliphatic heterocycles. The van der Waals surface area contributed by atoms with Crippen LogP contribution in [0.25, 0.3) is 0 Å². The van der Waals surface area contributed by atoms with E-state index in [-0.39, 0.29) is 48.3 Å². The predicted molar refractivity (Wildman–Crippen MR) is 155 cm³/mol. The lowest BCUT2D eigenvalue weighted by atomic mass is 10.2. The maximum Gasteiger partial charge on any atom is 0.358 e. The summed E-state index contributed by atoms with van der Waals surface area (Å²) in [7, 11) is 2.50. The number of amides is 1. The molecular formula is C24H19Cl5N6O6. The van der Waals surface area contributed by atoms with Crippen molar-refractivity contribution in [2.24, 2.45) is 0 Å². The molecule has 2 aromatic carbocycles.